The van der Waals surface area contributed by atoms with Crippen molar-refractivity contribution in [2.45, 2.75) is 248 Å². The number of allylic oxidation sites excluding steroid dienone is 2. The Hall–Kier alpha value is -2.59. The van der Waals surface area contributed by atoms with Gasteiger partial charge in [0.1, 0.15) is 66.6 Å². The lowest BCUT2D eigenvalue weighted by Gasteiger charge is -2.71. The average Bonchev–Trinajstić information content (AvgIpc) is 2.22. The zero-order chi connectivity index (χ0) is 60.1. The molecule has 4 saturated carbocycles. The molecule has 5 aliphatic carbocycles. The summed E-state index contributed by atoms with van der Waals surface area (Å²) in [6.07, 6.45) is -11.8. The molecule has 9 aliphatic rings. The van der Waals surface area contributed by atoms with E-state index >= 15 is 4.79 Å². The van der Waals surface area contributed by atoms with E-state index in [2.05, 4.69) is 68.6 Å². The van der Waals surface area contributed by atoms with Crippen molar-refractivity contribution in [1.82, 2.24) is 5.32 Å². The molecular weight excluding hydrogens is 1190 g/mol. The Morgan fingerprint density at radius 1 is 0.771 bits per heavy atom. The van der Waals surface area contributed by atoms with Crippen LogP contribution in [-0.4, -0.2) is 187 Å². The summed E-state index contributed by atoms with van der Waals surface area (Å²) in [5, 5.41) is 106. The summed E-state index contributed by atoms with van der Waals surface area (Å²) in [7, 11) is 0. The number of amides is 1. The molecule has 20 nitrogen and oxygen atoms in total. The van der Waals surface area contributed by atoms with Gasteiger partial charge in [0.05, 0.1) is 43.0 Å². The lowest BCUT2D eigenvalue weighted by Crippen LogP contribution is -2.84. The molecule has 14 unspecified atom stereocenters. The van der Waals surface area contributed by atoms with E-state index in [1.807, 2.05) is 31.2 Å². The number of halogens is 1. The van der Waals surface area contributed by atoms with Gasteiger partial charge in [0, 0.05) is 22.0 Å². The Labute approximate surface area is 499 Å². The first-order chi connectivity index (χ1) is 39.1. The molecule has 83 heavy (non-hydrogen) atoms. The van der Waals surface area contributed by atoms with Crippen LogP contribution in [0.1, 0.15) is 155 Å². The van der Waals surface area contributed by atoms with Crippen molar-refractivity contribution in [3.8, 4) is 0 Å². The smallest absolute Gasteiger partial charge is 0.318 e. The fraction of sp³-hybridized carbons (Fsp3) is 0.806. The van der Waals surface area contributed by atoms with Crippen LogP contribution in [0.2, 0.25) is 0 Å². The molecule has 1 aromatic rings. The lowest BCUT2D eigenvalue weighted by atomic mass is 9.33. The minimum absolute atomic E-state index is 0.0462. The first-order valence-corrected chi connectivity index (χ1v) is 31.4. The fourth-order valence-corrected chi connectivity index (χ4v) is 18.1. The molecule has 4 saturated heterocycles. The van der Waals surface area contributed by atoms with Crippen LogP contribution in [0.3, 0.4) is 0 Å². The normalized spacial score (nSPS) is 48.1. The van der Waals surface area contributed by atoms with Gasteiger partial charge in [-0.05, 0) is 152 Å². The molecule has 8 fully saturated rings. The summed E-state index contributed by atoms with van der Waals surface area (Å²) in [6.45, 7) is 13.3. The van der Waals surface area contributed by atoms with Gasteiger partial charge < -0.3 is 84.5 Å². The Morgan fingerprint density at radius 2 is 1.47 bits per heavy atom. The first kappa shape index (κ1) is 63.4. The molecule has 464 valence electrons. The van der Waals surface area contributed by atoms with Crippen LogP contribution < -0.4 is 5.32 Å². The van der Waals surface area contributed by atoms with Crippen LogP contribution >= 0.6 is 22.6 Å². The summed E-state index contributed by atoms with van der Waals surface area (Å²) in [6, 6.07) is 6.16. The Kier molecular flexibility index (Phi) is 17.9. The molecule has 10 rings (SSSR count). The summed E-state index contributed by atoms with van der Waals surface area (Å²) in [5.74, 6) is -4.31. The number of rotatable bonds is 16. The third-order valence-corrected chi connectivity index (χ3v) is 23.6. The summed E-state index contributed by atoms with van der Waals surface area (Å²) < 4.78 is 38.9. The van der Waals surface area contributed by atoms with Gasteiger partial charge in [-0.25, -0.2) is 0 Å². The maximum Gasteiger partial charge on any atom is 0.318 e. The number of fused-ring (bicyclic) bond motifs is 8. The second-order valence-corrected chi connectivity index (χ2v) is 29.3. The molecular formula is C62H90INO19. The number of nitrogens with one attached hydrogen (secondary N) is 1. The van der Waals surface area contributed by atoms with Crippen molar-refractivity contribution in [2.75, 3.05) is 13.2 Å². The van der Waals surface area contributed by atoms with Gasteiger partial charge in [-0.2, -0.15) is 0 Å². The molecule has 0 spiro atoms. The molecule has 4 aliphatic heterocycles. The molecule has 1 amide bonds. The van der Waals surface area contributed by atoms with Gasteiger partial charge in [-0.15, -0.1) is 0 Å². The van der Waals surface area contributed by atoms with Crippen LogP contribution in [0.25, 0.3) is 0 Å². The van der Waals surface area contributed by atoms with E-state index < -0.39 is 156 Å². The van der Waals surface area contributed by atoms with E-state index in [1.54, 1.807) is 0 Å². The van der Waals surface area contributed by atoms with Gasteiger partial charge in [-0.3, -0.25) is 14.4 Å². The summed E-state index contributed by atoms with van der Waals surface area (Å²) in [4.78, 5) is 55.3. The zero-order valence-electron chi connectivity index (χ0n) is 48.9. The Morgan fingerprint density at radius 3 is 2.16 bits per heavy atom. The molecule has 0 radical (unpaired) electrons. The molecule has 25 atom stereocenters. The number of hydrogen-bond acceptors (Lipinski definition) is 19. The van der Waals surface area contributed by atoms with E-state index in [-0.39, 0.29) is 47.7 Å². The van der Waals surface area contributed by atoms with Crippen molar-refractivity contribution < 1.29 is 93.6 Å². The fourth-order valence-electron chi connectivity index (χ4n) is 17.7. The van der Waals surface area contributed by atoms with Gasteiger partial charge >= 0.3 is 5.97 Å². The average molecular weight is 1280 g/mol. The predicted octanol–water partition coefficient (Wildman–Crippen LogP) is 3.70. The number of aldehydes is 1. The third kappa shape index (κ3) is 10.4. The van der Waals surface area contributed by atoms with Crippen molar-refractivity contribution in [3.63, 3.8) is 0 Å². The van der Waals surface area contributed by atoms with Crippen LogP contribution in [0.5, 0.6) is 0 Å². The number of Topliss-reactive ketones (excluding diaryl/α,β-unsaturated/α-hetero) is 1. The maximum atomic E-state index is 16.1. The number of esters is 1. The number of hydrogen-bond donors (Lipinski definition) is 10. The summed E-state index contributed by atoms with van der Waals surface area (Å²) >= 11 is 2.19. The van der Waals surface area contributed by atoms with Crippen molar-refractivity contribution in [1.29, 1.82) is 0 Å². The minimum atomic E-state index is -2.49. The van der Waals surface area contributed by atoms with Gasteiger partial charge in [0.25, 0.3) is 5.79 Å². The topological polar surface area (TPSA) is 318 Å². The second kappa shape index (κ2) is 23.4. The highest BCUT2D eigenvalue weighted by molar-refractivity contribution is 14.1. The van der Waals surface area contributed by atoms with Crippen molar-refractivity contribution in [2.24, 2.45) is 50.2 Å². The second-order valence-electron chi connectivity index (χ2n) is 28.0. The highest BCUT2D eigenvalue weighted by atomic mass is 127. The quantitative estimate of drug-likeness (QED) is 0.0282. The molecule has 21 heteroatoms. The number of benzene rings is 1. The third-order valence-electron chi connectivity index (χ3n) is 22.9. The minimum Gasteiger partial charge on any atom is -0.426 e. The number of aliphatic hydroxyl groups excluding tert-OH is 9. The molecule has 0 bridgehead atoms. The largest absolute Gasteiger partial charge is 0.426 e. The van der Waals surface area contributed by atoms with Crippen molar-refractivity contribution >= 4 is 46.5 Å². The van der Waals surface area contributed by atoms with E-state index in [0.717, 1.165) is 28.3 Å². The maximum absolute atomic E-state index is 16.1. The summed E-state index contributed by atoms with van der Waals surface area (Å²) in [5.41, 5.74) is -2.48. The van der Waals surface area contributed by atoms with E-state index in [9.17, 15) is 60.3 Å². The zero-order valence-corrected chi connectivity index (χ0v) is 51.1. The number of aliphatic hydroxyl groups is 9. The first-order valence-electron chi connectivity index (χ1n) is 30.4. The van der Waals surface area contributed by atoms with Gasteiger partial charge in [-0.1, -0.05) is 78.2 Å². The van der Waals surface area contributed by atoms with Crippen LogP contribution in [0.15, 0.2) is 35.9 Å². The predicted molar refractivity (Wildman–Crippen MR) is 304 cm³/mol. The van der Waals surface area contributed by atoms with Crippen molar-refractivity contribution in [3.05, 3.63) is 45.0 Å². The molecule has 0 aromatic heterocycles. The number of ketones is 1. The molecule has 4 heterocycles. The monoisotopic (exact) mass is 1280 g/mol. The number of carbonyl (C=O) groups excluding carboxylic acids is 4. The number of unbranched alkanes of at least 4 members (excludes halogenated alkanes) is 3. The SMILES string of the molecule is C[C@H]1O[C@@H](C2(OC(=O)[C@]34CCC(C)(C)CC3C3=CCC5C6(C)CC[C@H](O)[C@](C)(C=O)[C@@H]6CC[C@]5(C)[C@]3(C)CC4O)OC3C(O)C(NC(=O)CCCCCCC(=O)c4ccc(I)cc4)[C@H](CO)O[C@H]32)C(O)C(O)C1O[C@@H]1OCC(O)C(O)C1O. The van der Waals surface area contributed by atoms with Gasteiger partial charge in [0.2, 0.25) is 5.91 Å². The van der Waals surface area contributed by atoms with Gasteiger partial charge in [0.15, 0.2) is 24.3 Å². The molecule has 10 N–H and O–H groups in total. The number of ether oxygens (including phenoxy) is 6. The van der Waals surface area contributed by atoms with E-state index in [0.29, 0.717) is 69.8 Å². The number of carbonyl (C=O) groups is 4. The standard InChI is InChI=1S/C62H90INO19/c1-31-50(81-54-49(76)45(72)37(68)29-78-54)47(74)48(75)52(79-31)62(53-51(82-62)46(73)44(38(28-65)80-53)64-43(71)13-11-9-8-10-12-36(67)32-14-16-33(63)17-15-32)83-55(77)61-25-24-56(2,3)26-35(61)34-18-19-40-57(4)22-21-41(69)58(5,30-66)39(57)20-23-59(40,6)60(34,7)27-42(61)70/h14-18,30-31,35,37-42,44-54,65,68-70,72-76H,8-13,19-29H2,1-7H3,(H,64,71)/t31-,35?,37?,38+,39-,40?,41+,42?,44?,45?,46?,47?,48?,49?,50?,51?,52-,53-,54+,57?,58-,59+,60-,61-,62?/m1/s1. The Bertz CT molecular complexity index is 2610. The van der Waals surface area contributed by atoms with E-state index in [1.165, 1.54) is 6.92 Å². The highest BCUT2D eigenvalue weighted by Gasteiger charge is 2.77. The van der Waals surface area contributed by atoms with E-state index in [4.69, 9.17) is 28.4 Å². The lowest BCUT2D eigenvalue weighted by molar-refractivity contribution is -0.472. The highest BCUT2D eigenvalue weighted by Crippen LogP contribution is 2.76. The van der Waals surface area contributed by atoms with Crippen LogP contribution in [0.4, 0.5) is 0 Å². The van der Waals surface area contributed by atoms with Crippen LogP contribution in [-0.2, 0) is 42.8 Å². The molecule has 1 aromatic carbocycles. The Balaban J connectivity index is 0.922. The van der Waals surface area contributed by atoms with Crippen LogP contribution in [0, 0.1) is 53.8 Å².